The smallest absolute Gasteiger partial charge is 0.410 e. The van der Waals surface area contributed by atoms with Crippen molar-refractivity contribution in [3.63, 3.8) is 0 Å². The lowest BCUT2D eigenvalue weighted by molar-refractivity contribution is 0.0681. The molecule has 1 N–H and O–H groups in total. The molecule has 0 saturated carbocycles. The topological polar surface area (TPSA) is 67.9 Å². The third-order valence-electron chi connectivity index (χ3n) is 5.75. The normalized spacial score (nSPS) is 11.9. The van der Waals surface area contributed by atoms with E-state index < -0.39 is 0 Å². The van der Waals surface area contributed by atoms with Crippen LogP contribution in [0.5, 0.6) is 5.75 Å². The quantitative estimate of drug-likeness (QED) is 0.289. The average molecular weight is 521 g/mol. The lowest BCUT2D eigenvalue weighted by Gasteiger charge is -2.34. The summed E-state index contributed by atoms with van der Waals surface area (Å²) < 4.78 is 11.2. The van der Waals surface area contributed by atoms with Gasteiger partial charge in [-0.3, -0.25) is 4.79 Å². The van der Waals surface area contributed by atoms with E-state index in [2.05, 4.69) is 38.7 Å². The van der Waals surface area contributed by atoms with Crippen molar-refractivity contribution in [3.05, 3.63) is 89.5 Å². The first-order valence-electron chi connectivity index (χ1n) is 12.4. The molecule has 0 saturated heterocycles. The molecule has 7 heteroatoms. The van der Waals surface area contributed by atoms with Gasteiger partial charge in [-0.15, -0.1) is 12.6 Å². The summed E-state index contributed by atoms with van der Waals surface area (Å²) in [5, 5.41) is 2.86. The number of anilines is 1. The molecule has 0 bridgehead atoms. The van der Waals surface area contributed by atoms with Crippen LogP contribution in [0.2, 0.25) is 0 Å². The van der Waals surface area contributed by atoms with Gasteiger partial charge in [0.15, 0.2) is 0 Å². The van der Waals surface area contributed by atoms with E-state index in [1.165, 1.54) is 0 Å². The Balaban J connectivity index is 1.65. The highest BCUT2D eigenvalue weighted by molar-refractivity contribution is 7.80. The Bertz CT molecular complexity index is 1190. The predicted octanol–water partition coefficient (Wildman–Crippen LogP) is 7.37. The van der Waals surface area contributed by atoms with Gasteiger partial charge in [0.1, 0.15) is 12.4 Å². The van der Waals surface area contributed by atoms with Gasteiger partial charge in [-0.1, -0.05) is 57.2 Å². The van der Waals surface area contributed by atoms with Gasteiger partial charge >= 0.3 is 6.09 Å². The molecule has 6 nitrogen and oxygen atoms in total. The van der Waals surface area contributed by atoms with Crippen LogP contribution in [0.1, 0.15) is 62.1 Å². The Morgan fingerprint density at radius 2 is 1.62 bits per heavy atom. The molecule has 0 aromatic heterocycles. The second-order valence-corrected chi connectivity index (χ2v) is 10.6. The number of carbonyl (C=O) groups is 2. The third-order valence-corrected chi connectivity index (χ3v) is 6.14. The SMILES string of the molecule is CCOc1ccc([C@H](C)N(CC(C)(C)C)C(=O)OCc2ccc(C(=O)Nc3ccccc3S)cc2)cc1. The fourth-order valence-electron chi connectivity index (χ4n) is 3.81. The van der Waals surface area contributed by atoms with Crippen LogP contribution in [0.4, 0.5) is 10.5 Å². The molecule has 0 aliphatic heterocycles. The van der Waals surface area contributed by atoms with Crippen LogP contribution in [0, 0.1) is 5.41 Å². The molecule has 0 radical (unpaired) electrons. The molecule has 1 atom stereocenters. The number of benzene rings is 3. The van der Waals surface area contributed by atoms with Gasteiger partial charge < -0.3 is 19.7 Å². The number of rotatable bonds is 9. The van der Waals surface area contributed by atoms with E-state index in [1.807, 2.05) is 56.3 Å². The lowest BCUT2D eigenvalue weighted by Crippen LogP contribution is -2.39. The molecule has 0 spiro atoms. The number of thiol groups is 1. The maximum absolute atomic E-state index is 13.2. The van der Waals surface area contributed by atoms with Gasteiger partial charge in [0, 0.05) is 17.0 Å². The summed E-state index contributed by atoms with van der Waals surface area (Å²) in [4.78, 5) is 28.2. The van der Waals surface area contributed by atoms with E-state index >= 15 is 0 Å². The molecule has 2 amide bonds. The number of nitrogens with zero attached hydrogens (tertiary/aromatic N) is 1. The van der Waals surface area contributed by atoms with Gasteiger partial charge in [-0.05, 0) is 66.8 Å². The summed E-state index contributed by atoms with van der Waals surface area (Å²) in [5.41, 5.74) is 2.84. The van der Waals surface area contributed by atoms with E-state index in [-0.39, 0.29) is 30.1 Å². The van der Waals surface area contributed by atoms with Crippen LogP contribution in [-0.2, 0) is 11.3 Å². The molecule has 37 heavy (non-hydrogen) atoms. The van der Waals surface area contributed by atoms with Crippen molar-refractivity contribution in [2.75, 3.05) is 18.5 Å². The fourth-order valence-corrected chi connectivity index (χ4v) is 4.03. The average Bonchev–Trinajstić information content (AvgIpc) is 2.87. The number of hydrogen-bond acceptors (Lipinski definition) is 5. The second kappa shape index (κ2) is 12.7. The van der Waals surface area contributed by atoms with Crippen molar-refractivity contribution in [3.8, 4) is 5.75 Å². The number of ether oxygens (including phenoxy) is 2. The fraction of sp³-hybridized carbons (Fsp3) is 0.333. The molecule has 196 valence electrons. The van der Waals surface area contributed by atoms with Gasteiger partial charge in [-0.25, -0.2) is 4.79 Å². The highest BCUT2D eigenvalue weighted by Crippen LogP contribution is 2.28. The first kappa shape index (κ1) is 28.1. The molecule has 3 rings (SSSR count). The van der Waals surface area contributed by atoms with Crippen LogP contribution >= 0.6 is 12.6 Å². The van der Waals surface area contributed by atoms with Crippen LogP contribution in [0.25, 0.3) is 0 Å². The first-order chi connectivity index (χ1) is 17.6. The molecule has 0 aliphatic carbocycles. The summed E-state index contributed by atoms with van der Waals surface area (Å²) in [6, 6.07) is 21.9. The first-order valence-corrected chi connectivity index (χ1v) is 12.9. The maximum Gasteiger partial charge on any atom is 0.410 e. The number of para-hydroxylation sites is 1. The zero-order valence-corrected chi connectivity index (χ0v) is 23.0. The summed E-state index contributed by atoms with van der Waals surface area (Å²) in [7, 11) is 0. The molecule has 0 heterocycles. The number of carbonyl (C=O) groups excluding carboxylic acids is 2. The Morgan fingerprint density at radius 3 is 2.22 bits per heavy atom. The van der Waals surface area contributed by atoms with E-state index in [0.717, 1.165) is 16.9 Å². The number of amides is 2. The molecule has 0 unspecified atom stereocenters. The molecule has 3 aromatic rings. The summed E-state index contributed by atoms with van der Waals surface area (Å²) in [5.74, 6) is 0.570. The summed E-state index contributed by atoms with van der Waals surface area (Å²) in [6.45, 7) is 11.5. The minimum absolute atomic E-state index is 0.108. The van der Waals surface area contributed by atoms with Crippen LogP contribution in [0.15, 0.2) is 77.7 Å². The predicted molar refractivity (Wildman–Crippen MR) is 150 cm³/mol. The lowest BCUT2D eigenvalue weighted by atomic mass is 9.94. The van der Waals surface area contributed by atoms with Crippen LogP contribution < -0.4 is 10.1 Å². The monoisotopic (exact) mass is 520 g/mol. The largest absolute Gasteiger partial charge is 0.494 e. The van der Waals surface area contributed by atoms with Gasteiger partial charge in [-0.2, -0.15) is 0 Å². The summed E-state index contributed by atoms with van der Waals surface area (Å²) >= 11 is 4.37. The number of hydrogen-bond donors (Lipinski definition) is 2. The zero-order chi connectivity index (χ0) is 27.0. The molecule has 0 fully saturated rings. The van der Waals surface area contributed by atoms with Crippen molar-refractivity contribution in [2.45, 2.75) is 52.2 Å². The van der Waals surface area contributed by atoms with E-state index in [9.17, 15) is 9.59 Å². The van der Waals surface area contributed by atoms with Gasteiger partial charge in [0.2, 0.25) is 0 Å². The summed E-state index contributed by atoms with van der Waals surface area (Å²) in [6.07, 6.45) is -0.386. The van der Waals surface area contributed by atoms with E-state index in [4.69, 9.17) is 9.47 Å². The van der Waals surface area contributed by atoms with Crippen molar-refractivity contribution in [1.29, 1.82) is 0 Å². The molecule has 3 aromatic carbocycles. The minimum atomic E-state index is -0.386. The highest BCUT2D eigenvalue weighted by atomic mass is 32.1. The third kappa shape index (κ3) is 8.29. The Morgan fingerprint density at radius 1 is 0.973 bits per heavy atom. The Kier molecular flexibility index (Phi) is 9.64. The van der Waals surface area contributed by atoms with Crippen LogP contribution in [0.3, 0.4) is 0 Å². The van der Waals surface area contributed by atoms with Crippen molar-refractivity contribution in [1.82, 2.24) is 4.90 Å². The van der Waals surface area contributed by atoms with Crippen LogP contribution in [-0.4, -0.2) is 30.1 Å². The molecular weight excluding hydrogens is 484 g/mol. The standard InChI is InChI=1S/C30H36N2O4S/c1-6-35-25-17-15-23(16-18-25)21(2)32(20-30(3,4)5)29(34)36-19-22-11-13-24(14-12-22)28(33)31-26-9-7-8-10-27(26)37/h7-18,21,37H,6,19-20H2,1-5H3,(H,31,33)/t21-/m0/s1. The Labute approximate surface area is 225 Å². The molecular formula is C30H36N2O4S. The van der Waals surface area contributed by atoms with Crippen molar-refractivity contribution in [2.24, 2.45) is 5.41 Å². The van der Waals surface area contributed by atoms with Gasteiger partial charge in [0.05, 0.1) is 18.3 Å². The van der Waals surface area contributed by atoms with E-state index in [1.54, 1.807) is 35.2 Å². The highest BCUT2D eigenvalue weighted by Gasteiger charge is 2.27. The zero-order valence-electron chi connectivity index (χ0n) is 22.2. The number of nitrogens with one attached hydrogen (secondary N) is 1. The van der Waals surface area contributed by atoms with Gasteiger partial charge in [0.25, 0.3) is 5.91 Å². The Hall–Kier alpha value is -3.45. The van der Waals surface area contributed by atoms with Crippen molar-refractivity contribution >= 4 is 30.3 Å². The van der Waals surface area contributed by atoms with Crippen molar-refractivity contribution < 1.29 is 19.1 Å². The minimum Gasteiger partial charge on any atom is -0.494 e. The second-order valence-electron chi connectivity index (χ2n) is 10.1. The maximum atomic E-state index is 13.2. The molecule has 0 aliphatic rings. The van der Waals surface area contributed by atoms with E-state index in [0.29, 0.717) is 29.3 Å².